The molecule has 0 aliphatic heterocycles. The van der Waals surface area contributed by atoms with Crippen LogP contribution in [-0.2, 0) is 0 Å². The van der Waals surface area contributed by atoms with Crippen molar-refractivity contribution in [3.8, 4) is 5.75 Å². The van der Waals surface area contributed by atoms with Crippen molar-refractivity contribution in [2.45, 2.75) is 6.92 Å². The first-order valence-corrected chi connectivity index (χ1v) is 5.77. The van der Waals surface area contributed by atoms with Crippen molar-refractivity contribution in [3.05, 3.63) is 58.9 Å². The van der Waals surface area contributed by atoms with E-state index in [-0.39, 0.29) is 17.0 Å². The molecular weight excluding hydrogens is 245 g/mol. The van der Waals surface area contributed by atoms with Gasteiger partial charge in [0.15, 0.2) is 5.78 Å². The van der Waals surface area contributed by atoms with Gasteiger partial charge in [0.05, 0.1) is 18.4 Å². The quantitative estimate of drug-likeness (QED) is 0.681. The lowest BCUT2D eigenvalue weighted by atomic mass is 10.0. The largest absolute Gasteiger partial charge is 0.496 e. The highest BCUT2D eigenvalue weighted by atomic mass is 19.1. The zero-order valence-corrected chi connectivity index (χ0v) is 10.7. The monoisotopic (exact) mass is 259 g/mol. The summed E-state index contributed by atoms with van der Waals surface area (Å²) in [5.74, 6) is -0.426. The highest BCUT2D eigenvalue weighted by molar-refractivity contribution is 6.11. The second kappa shape index (κ2) is 5.10. The average Bonchev–Trinajstić information content (AvgIpc) is 2.41. The Kier molecular flexibility index (Phi) is 3.51. The highest BCUT2D eigenvalue weighted by Gasteiger charge is 2.15. The Labute approximate surface area is 110 Å². The van der Waals surface area contributed by atoms with E-state index >= 15 is 0 Å². The molecule has 98 valence electrons. The molecule has 0 aliphatic carbocycles. The fourth-order valence-corrected chi connectivity index (χ4v) is 1.82. The van der Waals surface area contributed by atoms with Crippen molar-refractivity contribution >= 4 is 11.5 Å². The number of rotatable bonds is 3. The maximum absolute atomic E-state index is 13.4. The zero-order valence-electron chi connectivity index (χ0n) is 10.7. The van der Waals surface area contributed by atoms with Gasteiger partial charge in [-0.3, -0.25) is 4.79 Å². The van der Waals surface area contributed by atoms with Crippen LogP contribution in [0.15, 0.2) is 36.4 Å². The van der Waals surface area contributed by atoms with Crippen molar-refractivity contribution < 1.29 is 13.9 Å². The molecule has 0 aromatic heterocycles. The Morgan fingerprint density at radius 1 is 1.21 bits per heavy atom. The predicted molar refractivity (Wildman–Crippen MR) is 72.0 cm³/mol. The smallest absolute Gasteiger partial charge is 0.196 e. The molecule has 0 fully saturated rings. The molecule has 0 aliphatic rings. The van der Waals surface area contributed by atoms with Gasteiger partial charge in [-0.1, -0.05) is 11.6 Å². The summed E-state index contributed by atoms with van der Waals surface area (Å²) in [7, 11) is 1.49. The summed E-state index contributed by atoms with van der Waals surface area (Å²) in [6, 6.07) is 9.30. The topological polar surface area (TPSA) is 52.3 Å². The molecule has 4 heteroatoms. The van der Waals surface area contributed by atoms with Crippen LogP contribution in [0, 0.1) is 12.7 Å². The molecule has 2 rings (SSSR count). The summed E-state index contributed by atoms with van der Waals surface area (Å²) in [5.41, 5.74) is 7.00. The van der Waals surface area contributed by atoms with Crippen LogP contribution in [0.25, 0.3) is 0 Å². The average molecular weight is 259 g/mol. The molecular formula is C15H14FNO2. The number of methoxy groups -OCH3 is 1. The lowest BCUT2D eigenvalue weighted by Gasteiger charge is -2.09. The van der Waals surface area contributed by atoms with Crippen molar-refractivity contribution in [3.63, 3.8) is 0 Å². The van der Waals surface area contributed by atoms with Crippen molar-refractivity contribution in [1.29, 1.82) is 0 Å². The van der Waals surface area contributed by atoms with Crippen LogP contribution in [0.1, 0.15) is 21.5 Å². The number of halogens is 1. The first-order valence-electron chi connectivity index (χ1n) is 5.77. The summed E-state index contributed by atoms with van der Waals surface area (Å²) >= 11 is 0. The van der Waals surface area contributed by atoms with Gasteiger partial charge in [0.1, 0.15) is 11.6 Å². The van der Waals surface area contributed by atoms with Crippen molar-refractivity contribution in [2.24, 2.45) is 0 Å². The van der Waals surface area contributed by atoms with Gasteiger partial charge < -0.3 is 10.5 Å². The van der Waals surface area contributed by atoms with Gasteiger partial charge in [-0.05, 0) is 37.3 Å². The van der Waals surface area contributed by atoms with Crippen LogP contribution in [0.3, 0.4) is 0 Å². The lowest BCUT2D eigenvalue weighted by Crippen LogP contribution is -2.05. The Morgan fingerprint density at radius 3 is 2.58 bits per heavy atom. The number of benzene rings is 2. The number of aryl methyl sites for hydroxylation is 1. The molecule has 0 heterocycles. The first-order chi connectivity index (χ1) is 9.02. The van der Waals surface area contributed by atoms with Gasteiger partial charge in [-0.2, -0.15) is 0 Å². The van der Waals surface area contributed by atoms with E-state index in [0.29, 0.717) is 11.3 Å². The summed E-state index contributed by atoms with van der Waals surface area (Å²) < 4.78 is 18.6. The van der Waals surface area contributed by atoms with Gasteiger partial charge in [-0.15, -0.1) is 0 Å². The SMILES string of the molecule is COc1ccc(C)cc1C(=O)c1ccc(N)c(F)c1. The maximum Gasteiger partial charge on any atom is 0.196 e. The van der Waals surface area contributed by atoms with Crippen LogP contribution in [0.2, 0.25) is 0 Å². The van der Waals surface area contributed by atoms with Crippen molar-refractivity contribution in [2.75, 3.05) is 12.8 Å². The van der Waals surface area contributed by atoms with E-state index < -0.39 is 5.82 Å². The fourth-order valence-electron chi connectivity index (χ4n) is 1.82. The Balaban J connectivity index is 2.49. The van der Waals surface area contributed by atoms with Gasteiger partial charge in [-0.25, -0.2) is 4.39 Å². The molecule has 2 aromatic rings. The molecule has 0 saturated carbocycles. The fraction of sp³-hybridized carbons (Fsp3) is 0.133. The Bertz CT molecular complexity index is 638. The number of anilines is 1. The Hall–Kier alpha value is -2.36. The highest BCUT2D eigenvalue weighted by Crippen LogP contribution is 2.24. The van der Waals surface area contributed by atoms with E-state index in [1.54, 1.807) is 12.1 Å². The summed E-state index contributed by atoms with van der Waals surface area (Å²) in [4.78, 5) is 12.4. The van der Waals surface area contributed by atoms with Gasteiger partial charge >= 0.3 is 0 Å². The normalized spacial score (nSPS) is 10.3. The van der Waals surface area contributed by atoms with E-state index in [4.69, 9.17) is 10.5 Å². The van der Waals surface area contributed by atoms with E-state index in [1.807, 2.05) is 13.0 Å². The zero-order chi connectivity index (χ0) is 14.0. The van der Waals surface area contributed by atoms with E-state index in [1.165, 1.54) is 19.2 Å². The second-order valence-corrected chi connectivity index (χ2v) is 4.27. The van der Waals surface area contributed by atoms with Crippen LogP contribution < -0.4 is 10.5 Å². The number of hydrogen-bond acceptors (Lipinski definition) is 3. The van der Waals surface area contributed by atoms with Crippen LogP contribution >= 0.6 is 0 Å². The Morgan fingerprint density at radius 2 is 1.95 bits per heavy atom. The molecule has 0 bridgehead atoms. The number of nitrogen functional groups attached to an aromatic ring is 1. The third-order valence-electron chi connectivity index (χ3n) is 2.86. The summed E-state index contributed by atoms with van der Waals surface area (Å²) in [5, 5.41) is 0. The first kappa shape index (κ1) is 13.1. The summed E-state index contributed by atoms with van der Waals surface area (Å²) in [6.45, 7) is 1.87. The van der Waals surface area contributed by atoms with Crippen molar-refractivity contribution in [1.82, 2.24) is 0 Å². The minimum absolute atomic E-state index is 0.0211. The van der Waals surface area contributed by atoms with Gasteiger partial charge in [0, 0.05) is 5.56 Å². The molecule has 0 saturated heterocycles. The summed E-state index contributed by atoms with van der Waals surface area (Å²) in [6.07, 6.45) is 0. The number of carbonyl (C=O) groups is 1. The van der Waals surface area contributed by atoms with Crippen LogP contribution in [-0.4, -0.2) is 12.9 Å². The van der Waals surface area contributed by atoms with E-state index in [2.05, 4.69) is 0 Å². The van der Waals surface area contributed by atoms with E-state index in [0.717, 1.165) is 11.6 Å². The molecule has 0 unspecified atom stereocenters. The molecule has 3 nitrogen and oxygen atoms in total. The molecule has 0 radical (unpaired) electrons. The molecule has 2 aromatic carbocycles. The third kappa shape index (κ3) is 2.57. The van der Waals surface area contributed by atoms with E-state index in [9.17, 15) is 9.18 Å². The number of ether oxygens (including phenoxy) is 1. The van der Waals surface area contributed by atoms with Gasteiger partial charge in [0.2, 0.25) is 0 Å². The standard InChI is InChI=1S/C15H14FNO2/c1-9-3-6-14(19-2)11(7-9)15(18)10-4-5-13(17)12(16)8-10/h3-8H,17H2,1-2H3. The number of nitrogens with two attached hydrogens (primary N) is 1. The number of carbonyl (C=O) groups excluding carboxylic acids is 1. The minimum Gasteiger partial charge on any atom is -0.496 e. The minimum atomic E-state index is -0.600. The number of hydrogen-bond donors (Lipinski definition) is 1. The molecule has 2 N–H and O–H groups in total. The maximum atomic E-state index is 13.4. The van der Waals surface area contributed by atoms with Gasteiger partial charge in [0.25, 0.3) is 0 Å². The predicted octanol–water partition coefficient (Wildman–Crippen LogP) is 2.96. The lowest BCUT2D eigenvalue weighted by molar-refractivity contribution is 0.103. The molecule has 0 atom stereocenters. The number of ketones is 1. The second-order valence-electron chi connectivity index (χ2n) is 4.27. The van der Waals surface area contributed by atoms with Crippen LogP contribution in [0.5, 0.6) is 5.75 Å². The molecule has 0 amide bonds. The molecule has 0 spiro atoms. The molecule has 19 heavy (non-hydrogen) atoms. The van der Waals surface area contributed by atoms with Crippen LogP contribution in [0.4, 0.5) is 10.1 Å². The third-order valence-corrected chi connectivity index (χ3v) is 2.86.